The zero-order valence-electron chi connectivity index (χ0n) is 8.08. The summed E-state index contributed by atoms with van der Waals surface area (Å²) >= 11 is 5.79. The number of likely N-dealkylation sites (N-methyl/N-ethyl adjacent to an activating group) is 1. The molecule has 2 N–H and O–H groups in total. The molecule has 0 radical (unpaired) electrons. The van der Waals surface area contributed by atoms with E-state index in [-0.39, 0.29) is 28.7 Å². The normalized spacial score (nSPS) is 9.73. The molecule has 15 heavy (non-hydrogen) atoms. The first-order valence-corrected chi connectivity index (χ1v) is 4.64. The summed E-state index contributed by atoms with van der Waals surface area (Å²) in [6, 6.07) is 2.97. The molecule has 1 aromatic carbocycles. The Kier molecular flexibility index (Phi) is 3.68. The zero-order chi connectivity index (χ0) is 11.4. The summed E-state index contributed by atoms with van der Waals surface area (Å²) in [5.41, 5.74) is 0.597. The van der Waals surface area contributed by atoms with Gasteiger partial charge in [-0.1, -0.05) is 17.7 Å². The summed E-state index contributed by atoms with van der Waals surface area (Å²) in [6.07, 6.45) is 0.576. The van der Waals surface area contributed by atoms with Crippen LogP contribution in [0.2, 0.25) is 5.02 Å². The van der Waals surface area contributed by atoms with Gasteiger partial charge in [-0.2, -0.15) is 0 Å². The van der Waals surface area contributed by atoms with Gasteiger partial charge in [0.2, 0.25) is 5.91 Å². The van der Waals surface area contributed by atoms with E-state index in [1.807, 2.05) is 0 Å². The zero-order valence-corrected chi connectivity index (χ0v) is 8.84. The second-order valence-corrected chi connectivity index (χ2v) is 3.32. The Morgan fingerprint density at radius 2 is 2.27 bits per heavy atom. The van der Waals surface area contributed by atoms with Crippen LogP contribution in [0.25, 0.3) is 0 Å². The van der Waals surface area contributed by atoms with Crippen molar-refractivity contribution in [1.82, 2.24) is 5.32 Å². The van der Waals surface area contributed by atoms with E-state index in [1.165, 1.54) is 13.1 Å². The second-order valence-electron chi connectivity index (χ2n) is 2.94. The third-order valence-electron chi connectivity index (χ3n) is 1.98. The van der Waals surface area contributed by atoms with Crippen molar-refractivity contribution in [3.63, 3.8) is 0 Å². The first-order valence-electron chi connectivity index (χ1n) is 4.26. The van der Waals surface area contributed by atoms with Crippen LogP contribution in [0.4, 0.5) is 0 Å². The Morgan fingerprint density at radius 1 is 1.60 bits per heavy atom. The maximum atomic E-state index is 11.1. The SMILES string of the molecule is CNC(=O)Cc1ccc(C=O)c(O)c1Cl. The third-order valence-corrected chi connectivity index (χ3v) is 2.41. The summed E-state index contributed by atoms with van der Waals surface area (Å²) in [7, 11) is 1.51. The third kappa shape index (κ3) is 2.47. The van der Waals surface area contributed by atoms with Crippen molar-refractivity contribution in [2.24, 2.45) is 0 Å². The van der Waals surface area contributed by atoms with Crippen molar-refractivity contribution in [2.75, 3.05) is 7.05 Å². The van der Waals surface area contributed by atoms with Gasteiger partial charge in [0.05, 0.1) is 17.0 Å². The molecular weight excluding hydrogens is 218 g/mol. The van der Waals surface area contributed by atoms with Crippen molar-refractivity contribution >= 4 is 23.8 Å². The summed E-state index contributed by atoms with van der Waals surface area (Å²) < 4.78 is 0. The lowest BCUT2D eigenvalue weighted by molar-refractivity contribution is -0.119. The van der Waals surface area contributed by atoms with Gasteiger partial charge >= 0.3 is 0 Å². The number of aromatic hydroxyl groups is 1. The minimum absolute atomic E-state index is 0.0446. The number of nitrogens with one attached hydrogen (secondary N) is 1. The lowest BCUT2D eigenvalue weighted by atomic mass is 10.1. The Bertz CT molecular complexity index is 404. The monoisotopic (exact) mass is 227 g/mol. The molecule has 1 aromatic rings. The minimum Gasteiger partial charge on any atom is -0.506 e. The lowest BCUT2D eigenvalue weighted by Crippen LogP contribution is -2.20. The van der Waals surface area contributed by atoms with Gasteiger partial charge < -0.3 is 10.4 Å². The summed E-state index contributed by atoms with van der Waals surface area (Å²) in [5.74, 6) is -0.497. The molecular formula is C10H10ClNO3. The van der Waals surface area contributed by atoms with Gasteiger partial charge in [0, 0.05) is 7.05 Å². The number of carbonyl (C=O) groups excluding carboxylic acids is 2. The fraction of sp³-hybridized carbons (Fsp3) is 0.200. The van der Waals surface area contributed by atoms with E-state index >= 15 is 0 Å². The fourth-order valence-corrected chi connectivity index (χ4v) is 1.35. The standard InChI is InChI=1S/C10H10ClNO3/c1-12-8(14)4-6-2-3-7(5-13)10(15)9(6)11/h2-3,5,15H,4H2,1H3,(H,12,14). The Morgan fingerprint density at radius 3 is 2.80 bits per heavy atom. The average Bonchev–Trinajstić information content (AvgIpc) is 2.25. The predicted octanol–water partition coefficient (Wildman–Crippen LogP) is 1.15. The van der Waals surface area contributed by atoms with Crippen molar-refractivity contribution < 1.29 is 14.7 Å². The molecule has 80 valence electrons. The molecule has 5 heteroatoms. The molecule has 0 aliphatic rings. The predicted molar refractivity (Wildman–Crippen MR) is 56.3 cm³/mol. The molecule has 1 amide bonds. The highest BCUT2D eigenvalue weighted by atomic mass is 35.5. The smallest absolute Gasteiger partial charge is 0.224 e. The van der Waals surface area contributed by atoms with Gasteiger partial charge in [-0.25, -0.2) is 0 Å². The van der Waals surface area contributed by atoms with Crippen LogP contribution in [0, 0.1) is 0 Å². The molecule has 1 rings (SSSR count). The van der Waals surface area contributed by atoms with Crippen LogP contribution in [0.15, 0.2) is 12.1 Å². The average molecular weight is 228 g/mol. The Hall–Kier alpha value is -1.55. The second kappa shape index (κ2) is 4.79. The number of phenolic OH excluding ortho intramolecular Hbond substituents is 1. The van der Waals surface area contributed by atoms with E-state index < -0.39 is 0 Å². The number of rotatable bonds is 3. The van der Waals surface area contributed by atoms with E-state index in [0.29, 0.717) is 11.8 Å². The van der Waals surface area contributed by atoms with Crippen molar-refractivity contribution in [2.45, 2.75) is 6.42 Å². The lowest BCUT2D eigenvalue weighted by Gasteiger charge is -2.06. The largest absolute Gasteiger partial charge is 0.506 e. The van der Waals surface area contributed by atoms with Crippen LogP contribution in [0.3, 0.4) is 0 Å². The number of halogens is 1. The molecule has 0 atom stereocenters. The number of hydrogen-bond donors (Lipinski definition) is 2. The summed E-state index contributed by atoms with van der Waals surface area (Å²) in [6.45, 7) is 0. The molecule has 0 saturated carbocycles. The van der Waals surface area contributed by atoms with Crippen molar-refractivity contribution in [3.05, 3.63) is 28.3 Å². The Labute approximate surface area is 91.9 Å². The molecule has 0 unspecified atom stereocenters. The highest BCUT2D eigenvalue weighted by molar-refractivity contribution is 6.33. The van der Waals surface area contributed by atoms with Gasteiger partial charge in [0.1, 0.15) is 5.75 Å². The maximum Gasteiger partial charge on any atom is 0.224 e. The number of aldehydes is 1. The van der Waals surface area contributed by atoms with Crippen LogP contribution in [0.5, 0.6) is 5.75 Å². The van der Waals surface area contributed by atoms with Crippen LogP contribution in [-0.4, -0.2) is 24.3 Å². The molecule has 0 spiro atoms. The van der Waals surface area contributed by atoms with E-state index in [1.54, 1.807) is 6.07 Å². The summed E-state index contributed by atoms with van der Waals surface area (Å²) in [5, 5.41) is 12.0. The van der Waals surface area contributed by atoms with Crippen molar-refractivity contribution in [3.8, 4) is 5.75 Å². The first-order chi connectivity index (χ1) is 7.10. The highest BCUT2D eigenvalue weighted by Gasteiger charge is 2.12. The molecule has 0 fully saturated rings. The van der Waals surface area contributed by atoms with E-state index in [9.17, 15) is 14.7 Å². The fourth-order valence-electron chi connectivity index (χ4n) is 1.11. The van der Waals surface area contributed by atoms with Crippen LogP contribution < -0.4 is 5.32 Å². The maximum absolute atomic E-state index is 11.1. The Balaban J connectivity index is 3.06. The molecule has 0 aliphatic heterocycles. The van der Waals surface area contributed by atoms with Crippen LogP contribution in [-0.2, 0) is 11.2 Å². The van der Waals surface area contributed by atoms with Gasteiger partial charge in [-0.05, 0) is 11.6 Å². The van der Waals surface area contributed by atoms with Crippen LogP contribution >= 0.6 is 11.6 Å². The van der Waals surface area contributed by atoms with Gasteiger partial charge in [-0.3, -0.25) is 9.59 Å². The number of phenols is 1. The number of carbonyl (C=O) groups is 2. The molecule has 0 aromatic heterocycles. The molecule has 0 saturated heterocycles. The molecule has 0 bridgehead atoms. The molecule has 4 nitrogen and oxygen atoms in total. The van der Waals surface area contributed by atoms with Crippen molar-refractivity contribution in [1.29, 1.82) is 0 Å². The van der Waals surface area contributed by atoms with E-state index in [0.717, 1.165) is 0 Å². The summed E-state index contributed by atoms with van der Waals surface area (Å²) in [4.78, 5) is 21.5. The van der Waals surface area contributed by atoms with Gasteiger partial charge in [0.25, 0.3) is 0 Å². The highest BCUT2D eigenvalue weighted by Crippen LogP contribution is 2.30. The number of hydrogen-bond acceptors (Lipinski definition) is 3. The number of amides is 1. The first kappa shape index (κ1) is 11.5. The quantitative estimate of drug-likeness (QED) is 0.762. The van der Waals surface area contributed by atoms with Gasteiger partial charge in [0.15, 0.2) is 6.29 Å². The molecule has 0 heterocycles. The minimum atomic E-state index is -0.284. The number of benzene rings is 1. The van der Waals surface area contributed by atoms with E-state index in [2.05, 4.69) is 5.32 Å². The van der Waals surface area contributed by atoms with Gasteiger partial charge in [-0.15, -0.1) is 0 Å². The molecule has 0 aliphatic carbocycles. The van der Waals surface area contributed by atoms with Crippen LogP contribution in [0.1, 0.15) is 15.9 Å². The topological polar surface area (TPSA) is 66.4 Å². The van der Waals surface area contributed by atoms with E-state index in [4.69, 9.17) is 11.6 Å².